The van der Waals surface area contributed by atoms with Crippen molar-refractivity contribution in [3.63, 3.8) is 0 Å². The third-order valence-electron chi connectivity index (χ3n) is 4.63. The number of aliphatic hydroxyl groups is 1. The molecule has 1 unspecified atom stereocenters. The number of aromatic nitrogens is 2. The van der Waals surface area contributed by atoms with Gasteiger partial charge in [0, 0.05) is 0 Å². The molecule has 2 aromatic carbocycles. The van der Waals surface area contributed by atoms with E-state index in [0.717, 1.165) is 5.56 Å². The highest BCUT2D eigenvalue weighted by Gasteiger charge is 2.45. The monoisotopic (exact) mass is 419 g/mol. The summed E-state index contributed by atoms with van der Waals surface area (Å²) >= 11 is 1.18. The zero-order chi connectivity index (χ0) is 21.3. The molecule has 1 aromatic heterocycles. The molecule has 0 radical (unpaired) electrons. The lowest BCUT2D eigenvalue weighted by molar-refractivity contribution is -0.117. The standard InChI is InChI=1S/C22H17N3O4S/c1-13-23-24-22(30-13)25-19(15-8-10-16(26)11-9-15)18(20(28)21(25)29)17(27)12-7-14-5-3-2-4-6-14/h2-12,19,26,28H,1H3/b12-7+. The second kappa shape index (κ2) is 7.92. The van der Waals surface area contributed by atoms with Gasteiger partial charge in [-0.15, -0.1) is 10.2 Å². The van der Waals surface area contributed by atoms with E-state index in [4.69, 9.17) is 0 Å². The summed E-state index contributed by atoms with van der Waals surface area (Å²) in [6, 6.07) is 14.5. The van der Waals surface area contributed by atoms with Gasteiger partial charge in [0.2, 0.25) is 5.13 Å². The molecule has 0 saturated heterocycles. The minimum atomic E-state index is -0.890. The topological polar surface area (TPSA) is 104 Å². The van der Waals surface area contributed by atoms with Crippen LogP contribution in [0.5, 0.6) is 5.75 Å². The van der Waals surface area contributed by atoms with Crippen LogP contribution in [0.25, 0.3) is 6.08 Å². The lowest BCUT2D eigenvalue weighted by atomic mass is 9.95. The molecule has 1 aliphatic heterocycles. The normalized spacial score (nSPS) is 16.6. The number of hydrogen-bond acceptors (Lipinski definition) is 7. The number of hydrogen-bond donors (Lipinski definition) is 2. The first kappa shape index (κ1) is 19.5. The van der Waals surface area contributed by atoms with Crippen LogP contribution in [0.1, 0.15) is 22.2 Å². The van der Waals surface area contributed by atoms with Crippen molar-refractivity contribution in [2.75, 3.05) is 4.90 Å². The van der Waals surface area contributed by atoms with E-state index >= 15 is 0 Å². The largest absolute Gasteiger partial charge is 0.508 e. The van der Waals surface area contributed by atoms with Gasteiger partial charge in [-0.3, -0.25) is 14.5 Å². The van der Waals surface area contributed by atoms with Gasteiger partial charge in [-0.2, -0.15) is 0 Å². The van der Waals surface area contributed by atoms with Gasteiger partial charge in [-0.1, -0.05) is 59.9 Å². The van der Waals surface area contributed by atoms with Crippen LogP contribution in [0.15, 0.2) is 72.0 Å². The van der Waals surface area contributed by atoms with Gasteiger partial charge in [0.05, 0.1) is 11.6 Å². The number of carbonyl (C=O) groups excluding carboxylic acids is 2. The Kier molecular flexibility index (Phi) is 5.16. The number of rotatable bonds is 5. The van der Waals surface area contributed by atoms with Crippen molar-refractivity contribution in [1.82, 2.24) is 10.2 Å². The molecule has 150 valence electrons. The van der Waals surface area contributed by atoms with Crippen LogP contribution in [0, 0.1) is 6.92 Å². The molecule has 30 heavy (non-hydrogen) atoms. The number of nitrogens with zero attached hydrogens (tertiary/aromatic N) is 3. The maximum Gasteiger partial charge on any atom is 0.296 e. The Balaban J connectivity index is 1.78. The maximum absolute atomic E-state index is 13.0. The fourth-order valence-electron chi connectivity index (χ4n) is 3.24. The molecule has 3 aromatic rings. The number of phenolic OH excluding ortho intramolecular Hbond substituents is 1. The highest BCUT2D eigenvalue weighted by Crippen LogP contribution is 2.42. The van der Waals surface area contributed by atoms with Crippen LogP contribution in [-0.4, -0.2) is 32.1 Å². The van der Waals surface area contributed by atoms with Crippen molar-refractivity contribution in [3.05, 3.63) is 88.1 Å². The molecule has 8 heteroatoms. The summed E-state index contributed by atoms with van der Waals surface area (Å²) in [5, 5.41) is 29.1. The number of aliphatic hydroxyl groups excluding tert-OH is 1. The number of anilines is 1. The summed E-state index contributed by atoms with van der Waals surface area (Å²) in [6.07, 6.45) is 2.95. The average molecular weight is 419 g/mol. The molecule has 0 saturated carbocycles. The summed E-state index contributed by atoms with van der Waals surface area (Å²) < 4.78 is 0. The highest BCUT2D eigenvalue weighted by atomic mass is 32.1. The summed E-state index contributed by atoms with van der Waals surface area (Å²) in [4.78, 5) is 27.2. The molecule has 1 atom stereocenters. The Morgan fingerprint density at radius 2 is 1.77 bits per heavy atom. The Hall–Kier alpha value is -3.78. The van der Waals surface area contributed by atoms with Crippen LogP contribution in [0.3, 0.4) is 0 Å². The van der Waals surface area contributed by atoms with Crippen LogP contribution in [0.2, 0.25) is 0 Å². The number of amides is 1. The molecule has 2 heterocycles. The zero-order valence-electron chi connectivity index (χ0n) is 15.9. The minimum absolute atomic E-state index is 0.0476. The SMILES string of the molecule is Cc1nnc(N2C(=O)C(O)=C(C(=O)/C=C/c3ccccc3)C2c2ccc(O)cc2)s1. The van der Waals surface area contributed by atoms with E-state index < -0.39 is 23.5 Å². The number of carbonyl (C=O) groups is 2. The molecule has 0 fully saturated rings. The third-order valence-corrected chi connectivity index (χ3v) is 5.47. The van der Waals surface area contributed by atoms with Gasteiger partial charge >= 0.3 is 0 Å². The van der Waals surface area contributed by atoms with Crippen LogP contribution in [0.4, 0.5) is 5.13 Å². The predicted octanol–water partition coefficient (Wildman–Crippen LogP) is 3.73. The van der Waals surface area contributed by atoms with E-state index in [2.05, 4.69) is 10.2 Å². The molecule has 1 amide bonds. The second-order valence-corrected chi connectivity index (χ2v) is 7.80. The Morgan fingerprint density at radius 1 is 1.07 bits per heavy atom. The summed E-state index contributed by atoms with van der Waals surface area (Å²) in [5.41, 5.74) is 1.31. The number of aryl methyl sites for hydroxylation is 1. The smallest absolute Gasteiger partial charge is 0.296 e. The van der Waals surface area contributed by atoms with Gasteiger partial charge < -0.3 is 10.2 Å². The fraction of sp³-hybridized carbons (Fsp3) is 0.0909. The lowest BCUT2D eigenvalue weighted by Gasteiger charge is -2.23. The molecule has 0 spiro atoms. The number of aromatic hydroxyl groups is 1. The minimum Gasteiger partial charge on any atom is -0.508 e. The van der Waals surface area contributed by atoms with Crippen molar-refractivity contribution in [3.8, 4) is 5.75 Å². The number of phenols is 1. The van der Waals surface area contributed by atoms with Gasteiger partial charge in [0.15, 0.2) is 11.5 Å². The van der Waals surface area contributed by atoms with E-state index in [1.165, 1.54) is 34.4 Å². The van der Waals surface area contributed by atoms with Crippen LogP contribution in [-0.2, 0) is 9.59 Å². The Labute approximate surface area is 176 Å². The first-order chi connectivity index (χ1) is 14.5. The predicted molar refractivity (Wildman–Crippen MR) is 113 cm³/mol. The quantitative estimate of drug-likeness (QED) is 0.611. The van der Waals surface area contributed by atoms with Crippen molar-refractivity contribution in [2.24, 2.45) is 0 Å². The van der Waals surface area contributed by atoms with E-state index in [1.807, 2.05) is 30.3 Å². The average Bonchev–Trinajstić information content (AvgIpc) is 3.28. The molecule has 7 nitrogen and oxygen atoms in total. The Morgan fingerprint density at radius 3 is 2.40 bits per heavy atom. The number of benzene rings is 2. The van der Waals surface area contributed by atoms with Gasteiger partial charge in [-0.25, -0.2) is 0 Å². The van der Waals surface area contributed by atoms with Gasteiger partial charge in [0.1, 0.15) is 10.8 Å². The molecule has 4 rings (SSSR count). The van der Waals surface area contributed by atoms with Crippen molar-refractivity contribution >= 4 is 34.2 Å². The summed E-state index contributed by atoms with van der Waals surface area (Å²) in [5.74, 6) is -1.79. The molecule has 0 bridgehead atoms. The summed E-state index contributed by atoms with van der Waals surface area (Å²) in [6.45, 7) is 1.75. The summed E-state index contributed by atoms with van der Waals surface area (Å²) in [7, 11) is 0. The first-order valence-corrected chi connectivity index (χ1v) is 9.90. The molecule has 2 N–H and O–H groups in total. The van der Waals surface area contributed by atoms with Crippen LogP contribution >= 0.6 is 11.3 Å². The van der Waals surface area contributed by atoms with E-state index in [9.17, 15) is 19.8 Å². The van der Waals surface area contributed by atoms with Crippen molar-refractivity contribution in [2.45, 2.75) is 13.0 Å². The molecule has 0 aliphatic carbocycles. The Bertz CT molecular complexity index is 1170. The van der Waals surface area contributed by atoms with Gasteiger partial charge in [-0.05, 0) is 36.3 Å². The lowest BCUT2D eigenvalue weighted by Crippen LogP contribution is -2.30. The first-order valence-electron chi connectivity index (χ1n) is 9.09. The molecular weight excluding hydrogens is 402 g/mol. The van der Waals surface area contributed by atoms with Crippen molar-refractivity contribution in [1.29, 1.82) is 0 Å². The number of allylic oxidation sites excluding steroid dienone is 1. The van der Waals surface area contributed by atoms with E-state index in [-0.39, 0.29) is 16.5 Å². The van der Waals surface area contributed by atoms with E-state index in [0.29, 0.717) is 10.6 Å². The maximum atomic E-state index is 13.0. The van der Waals surface area contributed by atoms with Crippen LogP contribution < -0.4 is 4.90 Å². The van der Waals surface area contributed by atoms with Gasteiger partial charge in [0.25, 0.3) is 5.91 Å². The van der Waals surface area contributed by atoms with E-state index in [1.54, 1.807) is 25.1 Å². The number of ketones is 1. The third kappa shape index (κ3) is 3.60. The molecular formula is C22H17N3O4S. The zero-order valence-corrected chi connectivity index (χ0v) is 16.7. The second-order valence-electron chi connectivity index (χ2n) is 6.64. The molecule has 1 aliphatic rings. The fourth-order valence-corrected chi connectivity index (χ4v) is 3.95. The highest BCUT2D eigenvalue weighted by molar-refractivity contribution is 7.15. The van der Waals surface area contributed by atoms with Crippen molar-refractivity contribution < 1.29 is 19.8 Å².